The van der Waals surface area contributed by atoms with Gasteiger partial charge in [0.15, 0.2) is 0 Å². The molecule has 4 nitrogen and oxygen atoms in total. The minimum atomic E-state index is -1.24. The van der Waals surface area contributed by atoms with Crippen LogP contribution in [0.2, 0.25) is 0 Å². The second kappa shape index (κ2) is 9.64. The largest absolute Gasteiger partial charge is 0.273 e. The number of para-hydroxylation sites is 2. The van der Waals surface area contributed by atoms with Gasteiger partial charge >= 0.3 is 0 Å². The molecule has 1 heterocycles. The molecular weight excluding hydrogens is 432 g/mol. The summed E-state index contributed by atoms with van der Waals surface area (Å²) in [6, 6.07) is 12.5. The smallest absolute Gasteiger partial charge is 0.247 e. The lowest BCUT2D eigenvalue weighted by atomic mass is 9.83. The van der Waals surface area contributed by atoms with Crippen LogP contribution in [0.25, 0.3) is 0 Å². The average molecular weight is 475 g/mol. The van der Waals surface area contributed by atoms with E-state index in [1.165, 1.54) is 0 Å². The van der Waals surface area contributed by atoms with Crippen LogP contribution in [0.15, 0.2) is 48.8 Å². The van der Waals surface area contributed by atoms with Crippen LogP contribution in [0.1, 0.15) is 115 Å². The number of rotatable bonds is 6. The Morgan fingerprint density at radius 3 is 1.09 bits per heavy atom. The summed E-state index contributed by atoms with van der Waals surface area (Å²) in [6.07, 6.45) is 0. The number of carbonyl (C=O) groups excluding carboxylic acids is 2. The molecule has 188 valence electrons. The van der Waals surface area contributed by atoms with E-state index in [1.807, 2.05) is 0 Å². The lowest BCUT2D eigenvalue weighted by Crippen LogP contribution is -2.60. The van der Waals surface area contributed by atoms with Crippen molar-refractivity contribution in [1.82, 2.24) is 0 Å². The minimum Gasteiger partial charge on any atom is -0.273 e. The van der Waals surface area contributed by atoms with E-state index in [0.717, 1.165) is 33.6 Å². The van der Waals surface area contributed by atoms with E-state index in [2.05, 4.69) is 98.4 Å². The minimum absolute atomic E-state index is 0.202. The molecule has 2 amide bonds. The molecule has 3 rings (SSSR count). The van der Waals surface area contributed by atoms with Gasteiger partial charge in [0.05, 0.1) is 11.4 Å². The van der Waals surface area contributed by atoms with Gasteiger partial charge in [0.1, 0.15) is 11.2 Å². The molecule has 0 saturated carbocycles. The summed E-state index contributed by atoms with van der Waals surface area (Å²) in [4.78, 5) is 31.6. The molecule has 0 bridgehead atoms. The molecule has 0 aliphatic carbocycles. The molecule has 0 unspecified atom stereocenters. The first-order chi connectivity index (χ1) is 16.2. The maximum Gasteiger partial charge on any atom is 0.247 e. The molecule has 0 radical (unpaired) electrons. The standard InChI is InChI=1S/C31H42N2O2/c1-18(2)23-14-12-15-24(19(3)4)27(23)32-22(9)33(30(35)31(10,11)29(32)34)28-25(20(5)6)16-13-17-26(28)21(7)8/h12-21H,9H2,1-8,10-11H3. The van der Waals surface area contributed by atoms with Crippen LogP contribution < -0.4 is 9.80 Å². The maximum absolute atomic E-state index is 14.1. The van der Waals surface area contributed by atoms with E-state index < -0.39 is 5.41 Å². The second-order valence-electron chi connectivity index (χ2n) is 11.5. The molecule has 2 aromatic carbocycles. The Hall–Kier alpha value is -2.88. The highest BCUT2D eigenvalue weighted by molar-refractivity contribution is 6.23. The fourth-order valence-electron chi connectivity index (χ4n) is 4.99. The average Bonchev–Trinajstić information content (AvgIpc) is 2.77. The highest BCUT2D eigenvalue weighted by atomic mass is 16.2. The van der Waals surface area contributed by atoms with E-state index in [9.17, 15) is 9.59 Å². The van der Waals surface area contributed by atoms with Gasteiger partial charge in [0.25, 0.3) is 0 Å². The van der Waals surface area contributed by atoms with Crippen LogP contribution in [0, 0.1) is 5.41 Å². The van der Waals surface area contributed by atoms with Crippen LogP contribution in [0.5, 0.6) is 0 Å². The van der Waals surface area contributed by atoms with E-state index in [4.69, 9.17) is 0 Å². The van der Waals surface area contributed by atoms with Crippen molar-refractivity contribution < 1.29 is 9.59 Å². The molecule has 1 fully saturated rings. The summed E-state index contributed by atoms with van der Waals surface area (Å²) in [6.45, 7) is 25.0. The normalized spacial score (nSPS) is 16.5. The maximum atomic E-state index is 14.1. The molecule has 2 aromatic rings. The quantitative estimate of drug-likeness (QED) is 0.397. The van der Waals surface area contributed by atoms with Crippen molar-refractivity contribution in [2.45, 2.75) is 92.9 Å². The van der Waals surface area contributed by atoms with Gasteiger partial charge < -0.3 is 0 Å². The molecule has 0 N–H and O–H groups in total. The van der Waals surface area contributed by atoms with Crippen LogP contribution >= 0.6 is 0 Å². The van der Waals surface area contributed by atoms with E-state index >= 15 is 0 Å². The summed E-state index contributed by atoms with van der Waals surface area (Å²) in [5.74, 6) is 0.753. The van der Waals surface area contributed by atoms with Gasteiger partial charge in [0, 0.05) is 0 Å². The van der Waals surface area contributed by atoms with E-state index in [1.54, 1.807) is 23.6 Å². The molecule has 0 aromatic heterocycles. The molecule has 1 saturated heterocycles. The number of hydrogen-bond donors (Lipinski definition) is 0. The molecule has 0 spiro atoms. The van der Waals surface area contributed by atoms with Gasteiger partial charge in [-0.3, -0.25) is 19.4 Å². The van der Waals surface area contributed by atoms with Gasteiger partial charge in [-0.15, -0.1) is 0 Å². The Morgan fingerprint density at radius 2 is 0.857 bits per heavy atom. The zero-order valence-electron chi connectivity index (χ0n) is 23.2. The van der Waals surface area contributed by atoms with Crippen LogP contribution in [0.3, 0.4) is 0 Å². The van der Waals surface area contributed by atoms with Gasteiger partial charge in [-0.2, -0.15) is 0 Å². The SMILES string of the molecule is C=C1N(c2c(C(C)C)cccc2C(C)C)C(=O)C(C)(C)C(=O)N1c1c(C(C)C)cccc1C(C)C. The number of anilines is 2. The molecule has 0 atom stereocenters. The third-order valence-corrected chi connectivity index (χ3v) is 7.12. The summed E-state index contributed by atoms with van der Waals surface area (Å²) in [7, 11) is 0. The Kier molecular flexibility index (Phi) is 7.36. The van der Waals surface area contributed by atoms with Crippen molar-refractivity contribution in [2.75, 3.05) is 9.80 Å². The highest BCUT2D eigenvalue weighted by Gasteiger charge is 2.51. The first-order valence-corrected chi connectivity index (χ1v) is 12.9. The molecule has 1 aliphatic heterocycles. The molecule has 4 heteroatoms. The predicted octanol–water partition coefficient (Wildman–Crippen LogP) is 8.06. The third-order valence-electron chi connectivity index (χ3n) is 7.12. The predicted molar refractivity (Wildman–Crippen MR) is 147 cm³/mol. The van der Waals surface area contributed by atoms with Crippen molar-refractivity contribution in [3.8, 4) is 0 Å². The Balaban J connectivity index is 2.39. The Morgan fingerprint density at radius 1 is 0.600 bits per heavy atom. The molecule has 35 heavy (non-hydrogen) atoms. The topological polar surface area (TPSA) is 40.6 Å². The Bertz CT molecular complexity index is 1010. The summed E-state index contributed by atoms with van der Waals surface area (Å²) in [5, 5.41) is 0. The van der Waals surface area contributed by atoms with Gasteiger partial charge in [-0.1, -0.05) is 98.4 Å². The number of nitrogens with zero attached hydrogens (tertiary/aromatic N) is 2. The Labute approximate surface area is 212 Å². The van der Waals surface area contributed by atoms with Gasteiger partial charge in [-0.05, 0) is 59.8 Å². The number of amides is 2. The summed E-state index contributed by atoms with van der Waals surface area (Å²) in [5.41, 5.74) is 4.82. The first-order valence-electron chi connectivity index (χ1n) is 12.9. The van der Waals surface area contributed by atoms with Gasteiger partial charge in [0.2, 0.25) is 11.8 Å². The fraction of sp³-hybridized carbons (Fsp3) is 0.484. The van der Waals surface area contributed by atoms with Crippen LogP contribution in [-0.2, 0) is 9.59 Å². The molecular formula is C31H42N2O2. The summed E-state index contributed by atoms with van der Waals surface area (Å²) >= 11 is 0. The lowest BCUT2D eigenvalue weighted by molar-refractivity contribution is -0.139. The van der Waals surface area contributed by atoms with Crippen LogP contribution in [0.4, 0.5) is 11.4 Å². The van der Waals surface area contributed by atoms with Crippen LogP contribution in [-0.4, -0.2) is 11.8 Å². The zero-order chi connectivity index (χ0) is 26.4. The van der Waals surface area contributed by atoms with Crippen molar-refractivity contribution in [2.24, 2.45) is 5.41 Å². The van der Waals surface area contributed by atoms with E-state index in [0.29, 0.717) is 5.82 Å². The van der Waals surface area contributed by atoms with Crippen molar-refractivity contribution in [3.63, 3.8) is 0 Å². The first kappa shape index (κ1) is 26.7. The summed E-state index contributed by atoms with van der Waals surface area (Å²) < 4.78 is 0. The second-order valence-corrected chi connectivity index (χ2v) is 11.5. The lowest BCUT2D eigenvalue weighted by Gasteiger charge is -2.46. The van der Waals surface area contributed by atoms with Gasteiger partial charge in [-0.25, -0.2) is 0 Å². The van der Waals surface area contributed by atoms with Crippen molar-refractivity contribution in [1.29, 1.82) is 0 Å². The fourth-order valence-corrected chi connectivity index (χ4v) is 4.99. The number of hydrogen-bond acceptors (Lipinski definition) is 2. The zero-order valence-corrected chi connectivity index (χ0v) is 23.2. The molecule has 1 aliphatic rings. The monoisotopic (exact) mass is 474 g/mol. The van der Waals surface area contributed by atoms with E-state index in [-0.39, 0.29) is 35.5 Å². The third kappa shape index (κ3) is 4.44. The number of benzene rings is 2. The highest BCUT2D eigenvalue weighted by Crippen LogP contribution is 2.46. The van der Waals surface area contributed by atoms with Crippen molar-refractivity contribution >= 4 is 23.2 Å². The number of carbonyl (C=O) groups is 2. The van der Waals surface area contributed by atoms with Crippen molar-refractivity contribution in [3.05, 3.63) is 71.1 Å².